The molecular formula is C31H34FNO7. The Labute approximate surface area is 233 Å². The zero-order valence-corrected chi connectivity index (χ0v) is 23.7. The number of rotatable bonds is 6. The van der Waals surface area contributed by atoms with E-state index in [1.54, 1.807) is 96.1 Å². The van der Waals surface area contributed by atoms with Crippen LogP contribution >= 0.6 is 0 Å². The number of halogens is 1. The largest absolute Gasteiger partial charge is 0.486 e. The van der Waals surface area contributed by atoms with Gasteiger partial charge in [0.1, 0.15) is 40.6 Å². The van der Waals surface area contributed by atoms with E-state index in [2.05, 4.69) is 0 Å². The Morgan fingerprint density at radius 2 is 1.30 bits per heavy atom. The predicted octanol–water partition coefficient (Wildman–Crippen LogP) is 7.61. The van der Waals surface area contributed by atoms with Crippen LogP contribution in [0.2, 0.25) is 0 Å². The summed E-state index contributed by atoms with van der Waals surface area (Å²) in [6, 6.07) is 18.2. The molecule has 0 aliphatic carbocycles. The lowest BCUT2D eigenvalue weighted by Gasteiger charge is -2.30. The van der Waals surface area contributed by atoms with Gasteiger partial charge in [-0.1, -0.05) is 48.5 Å². The number of carbonyl (C=O) groups excluding carboxylic acids is 3. The van der Waals surface area contributed by atoms with Gasteiger partial charge in [-0.3, -0.25) is 0 Å². The standard InChI is InChI=1S/C31H34FNO7/c1-20-23(32)18-24(33(28(35)39-30(2,3)4)29(36)40-31(5,6)7)26(37-19-21-14-10-8-11-15-21)25(20)27(34)38-22-16-12-9-13-17-22/h8-18H,19H2,1-7H3. The maximum absolute atomic E-state index is 15.5. The third-order valence-electron chi connectivity index (χ3n) is 5.23. The van der Waals surface area contributed by atoms with Crippen molar-refractivity contribution in [1.29, 1.82) is 0 Å². The first-order valence-electron chi connectivity index (χ1n) is 12.7. The summed E-state index contributed by atoms with van der Waals surface area (Å²) in [7, 11) is 0. The van der Waals surface area contributed by atoms with Crippen molar-refractivity contribution in [3.8, 4) is 11.5 Å². The quantitative estimate of drug-likeness (QED) is 0.230. The average Bonchev–Trinajstić information content (AvgIpc) is 2.84. The maximum atomic E-state index is 15.5. The van der Waals surface area contributed by atoms with Crippen molar-refractivity contribution in [1.82, 2.24) is 0 Å². The Bertz CT molecular complexity index is 1330. The molecule has 212 valence electrons. The molecule has 0 fully saturated rings. The summed E-state index contributed by atoms with van der Waals surface area (Å²) >= 11 is 0. The van der Waals surface area contributed by atoms with Crippen LogP contribution in [0.5, 0.6) is 11.5 Å². The lowest BCUT2D eigenvalue weighted by atomic mass is 10.0. The minimum Gasteiger partial charge on any atom is -0.486 e. The molecule has 0 aromatic heterocycles. The van der Waals surface area contributed by atoms with Gasteiger partial charge in [-0.25, -0.2) is 18.8 Å². The number of anilines is 1. The summed E-state index contributed by atoms with van der Waals surface area (Å²) in [5.74, 6) is -1.86. The fourth-order valence-electron chi connectivity index (χ4n) is 3.53. The zero-order chi connectivity index (χ0) is 29.7. The van der Waals surface area contributed by atoms with Crippen LogP contribution in [0.25, 0.3) is 0 Å². The second kappa shape index (κ2) is 12.2. The fourth-order valence-corrected chi connectivity index (χ4v) is 3.53. The molecule has 3 aromatic rings. The third-order valence-corrected chi connectivity index (χ3v) is 5.23. The van der Waals surface area contributed by atoms with Crippen molar-refractivity contribution >= 4 is 23.8 Å². The van der Waals surface area contributed by atoms with E-state index in [0.29, 0.717) is 4.90 Å². The Hall–Kier alpha value is -4.40. The van der Waals surface area contributed by atoms with Crippen molar-refractivity contribution < 1.29 is 37.7 Å². The molecule has 0 heterocycles. The van der Waals surface area contributed by atoms with E-state index in [1.165, 1.54) is 6.92 Å². The average molecular weight is 552 g/mol. The molecule has 3 aromatic carbocycles. The minimum absolute atomic E-state index is 0.0684. The Kier molecular flexibility index (Phi) is 9.19. The van der Waals surface area contributed by atoms with Crippen LogP contribution < -0.4 is 14.4 Å². The van der Waals surface area contributed by atoms with Gasteiger partial charge in [0, 0.05) is 11.6 Å². The summed E-state index contributed by atoms with van der Waals surface area (Å²) in [6.45, 7) is 11.0. The van der Waals surface area contributed by atoms with E-state index in [0.717, 1.165) is 11.6 Å². The number of benzene rings is 3. The van der Waals surface area contributed by atoms with Gasteiger partial charge >= 0.3 is 18.2 Å². The van der Waals surface area contributed by atoms with Gasteiger partial charge in [0.2, 0.25) is 0 Å². The van der Waals surface area contributed by atoms with Crippen molar-refractivity contribution in [3.63, 3.8) is 0 Å². The zero-order valence-electron chi connectivity index (χ0n) is 23.7. The highest BCUT2D eigenvalue weighted by Crippen LogP contribution is 2.39. The second-order valence-electron chi connectivity index (χ2n) is 11.0. The molecule has 2 amide bonds. The van der Waals surface area contributed by atoms with Crippen molar-refractivity contribution in [3.05, 3.63) is 89.2 Å². The Balaban J connectivity index is 2.23. The van der Waals surface area contributed by atoms with Crippen LogP contribution in [0.4, 0.5) is 19.7 Å². The molecule has 0 saturated carbocycles. The monoisotopic (exact) mass is 551 g/mol. The summed E-state index contributed by atoms with van der Waals surface area (Å²) in [5, 5.41) is 0. The van der Waals surface area contributed by atoms with E-state index in [9.17, 15) is 14.4 Å². The second-order valence-corrected chi connectivity index (χ2v) is 11.0. The van der Waals surface area contributed by atoms with E-state index in [4.69, 9.17) is 18.9 Å². The normalized spacial score (nSPS) is 11.4. The molecule has 0 unspecified atom stereocenters. The summed E-state index contributed by atoms with van der Waals surface area (Å²) in [6.07, 6.45) is -2.28. The van der Waals surface area contributed by atoms with Gasteiger partial charge in [-0.15, -0.1) is 0 Å². The van der Waals surface area contributed by atoms with Crippen LogP contribution in [0.1, 0.15) is 63.0 Å². The van der Waals surface area contributed by atoms with Crippen LogP contribution in [0.3, 0.4) is 0 Å². The first-order chi connectivity index (χ1) is 18.7. The van der Waals surface area contributed by atoms with Gasteiger partial charge in [-0.05, 0) is 66.2 Å². The Morgan fingerprint density at radius 3 is 1.80 bits per heavy atom. The SMILES string of the molecule is Cc1c(F)cc(N(C(=O)OC(C)(C)C)C(=O)OC(C)(C)C)c(OCc2ccccc2)c1C(=O)Oc1ccccc1. The highest BCUT2D eigenvalue weighted by atomic mass is 19.1. The van der Waals surface area contributed by atoms with E-state index >= 15 is 4.39 Å². The van der Waals surface area contributed by atoms with Gasteiger partial charge < -0.3 is 18.9 Å². The molecule has 0 aliphatic heterocycles. The van der Waals surface area contributed by atoms with Crippen molar-refractivity contribution in [2.75, 3.05) is 4.90 Å². The third kappa shape index (κ3) is 8.05. The van der Waals surface area contributed by atoms with Crippen LogP contribution in [-0.4, -0.2) is 29.4 Å². The molecule has 0 radical (unpaired) electrons. The molecule has 0 saturated heterocycles. The first kappa shape index (κ1) is 30.1. The molecule has 8 nitrogen and oxygen atoms in total. The number of ether oxygens (including phenoxy) is 4. The number of imide groups is 1. The van der Waals surface area contributed by atoms with E-state index in [1.807, 2.05) is 6.07 Å². The lowest BCUT2D eigenvalue weighted by Crippen LogP contribution is -2.44. The molecule has 0 N–H and O–H groups in total. The topological polar surface area (TPSA) is 91.4 Å². The number of amides is 2. The number of carbonyl (C=O) groups is 3. The molecule has 40 heavy (non-hydrogen) atoms. The smallest absolute Gasteiger partial charge is 0.424 e. The van der Waals surface area contributed by atoms with Gasteiger partial charge in [0.05, 0.1) is 0 Å². The number of hydrogen-bond acceptors (Lipinski definition) is 7. The summed E-state index contributed by atoms with van der Waals surface area (Å²) in [5.41, 5.74) is -2.07. The van der Waals surface area contributed by atoms with Crippen LogP contribution in [0.15, 0.2) is 66.7 Å². The molecule has 0 aliphatic rings. The van der Waals surface area contributed by atoms with Gasteiger partial charge in [0.15, 0.2) is 5.75 Å². The molecule has 0 bridgehead atoms. The van der Waals surface area contributed by atoms with Crippen molar-refractivity contribution in [2.24, 2.45) is 0 Å². The number of hydrogen-bond donors (Lipinski definition) is 0. The van der Waals surface area contributed by atoms with Crippen LogP contribution in [0, 0.1) is 12.7 Å². The van der Waals surface area contributed by atoms with Gasteiger partial charge in [0.25, 0.3) is 0 Å². The summed E-state index contributed by atoms with van der Waals surface area (Å²) in [4.78, 5) is 40.8. The maximum Gasteiger partial charge on any atom is 0.424 e. The first-order valence-corrected chi connectivity index (χ1v) is 12.7. The number of para-hydroxylation sites is 1. The molecule has 9 heteroatoms. The molecular weight excluding hydrogens is 517 g/mol. The Morgan fingerprint density at radius 1 is 0.800 bits per heavy atom. The van der Waals surface area contributed by atoms with Crippen molar-refractivity contribution in [2.45, 2.75) is 66.3 Å². The van der Waals surface area contributed by atoms with E-state index in [-0.39, 0.29) is 34.9 Å². The van der Waals surface area contributed by atoms with Crippen LogP contribution in [-0.2, 0) is 16.1 Å². The lowest BCUT2D eigenvalue weighted by molar-refractivity contribution is 0.0427. The molecule has 0 atom stereocenters. The molecule has 3 rings (SSSR count). The van der Waals surface area contributed by atoms with E-state index < -0.39 is 35.2 Å². The fraction of sp³-hybridized carbons (Fsp3) is 0.323. The highest BCUT2D eigenvalue weighted by molar-refractivity contribution is 6.12. The summed E-state index contributed by atoms with van der Waals surface area (Å²) < 4.78 is 38.0. The number of esters is 1. The minimum atomic E-state index is -1.14. The molecule has 0 spiro atoms. The van der Waals surface area contributed by atoms with Gasteiger partial charge in [-0.2, -0.15) is 4.90 Å². The highest BCUT2D eigenvalue weighted by Gasteiger charge is 2.37. The number of nitrogens with zero attached hydrogens (tertiary/aromatic N) is 1. The predicted molar refractivity (Wildman–Crippen MR) is 148 cm³/mol.